The predicted octanol–water partition coefficient (Wildman–Crippen LogP) is 2.93. The summed E-state index contributed by atoms with van der Waals surface area (Å²) in [5.74, 6) is -0.871. The summed E-state index contributed by atoms with van der Waals surface area (Å²) in [6.07, 6.45) is 1.49. The summed E-state index contributed by atoms with van der Waals surface area (Å²) in [7, 11) is 0. The maximum atomic E-state index is 10.6. The highest BCUT2D eigenvalue weighted by molar-refractivity contribution is 8.01. The molecule has 0 amide bonds. The molecule has 3 aromatic heterocycles. The number of thiophene rings is 1. The van der Waals surface area contributed by atoms with Gasteiger partial charge in [-0.15, -0.1) is 22.7 Å². The van der Waals surface area contributed by atoms with Gasteiger partial charge in [0.05, 0.1) is 12.1 Å². The zero-order valence-electron chi connectivity index (χ0n) is 9.44. The average Bonchev–Trinajstić information content (AvgIpc) is 2.98. The van der Waals surface area contributed by atoms with Gasteiger partial charge in [0.15, 0.2) is 4.34 Å². The molecule has 3 heterocycles. The van der Waals surface area contributed by atoms with Gasteiger partial charge in [0, 0.05) is 10.8 Å². The van der Waals surface area contributed by atoms with E-state index in [0.29, 0.717) is 5.69 Å². The molecule has 1 N–H and O–H groups in total. The molecule has 96 valence electrons. The van der Waals surface area contributed by atoms with E-state index in [1.165, 1.54) is 29.4 Å². The Labute approximate surface area is 120 Å². The van der Waals surface area contributed by atoms with Crippen molar-refractivity contribution in [1.82, 2.24) is 15.0 Å². The molecule has 0 fully saturated rings. The molecule has 0 aliphatic rings. The van der Waals surface area contributed by atoms with Gasteiger partial charge in [0.2, 0.25) is 0 Å². The number of thiazole rings is 1. The summed E-state index contributed by atoms with van der Waals surface area (Å²) < 4.78 is 0.794. The van der Waals surface area contributed by atoms with Crippen LogP contribution in [0.1, 0.15) is 5.69 Å². The molecular formula is C11H7N3O2S3. The number of carboxylic acid groups (broad SMARTS) is 1. The Morgan fingerprint density at radius 3 is 3.11 bits per heavy atom. The maximum Gasteiger partial charge on any atom is 0.309 e. The van der Waals surface area contributed by atoms with Crippen molar-refractivity contribution < 1.29 is 9.90 Å². The molecule has 0 bridgehead atoms. The lowest BCUT2D eigenvalue weighted by Crippen LogP contribution is -1.99. The van der Waals surface area contributed by atoms with E-state index in [9.17, 15) is 4.79 Å². The van der Waals surface area contributed by atoms with Crippen LogP contribution in [-0.4, -0.2) is 26.0 Å². The number of hydrogen-bond acceptors (Lipinski definition) is 7. The number of hydrogen-bond donors (Lipinski definition) is 1. The lowest BCUT2D eigenvalue weighted by molar-refractivity contribution is -0.136. The quantitative estimate of drug-likeness (QED) is 0.747. The van der Waals surface area contributed by atoms with Gasteiger partial charge in [-0.2, -0.15) is 0 Å². The van der Waals surface area contributed by atoms with Crippen LogP contribution in [0.15, 0.2) is 32.5 Å². The summed E-state index contributed by atoms with van der Waals surface area (Å²) in [6.45, 7) is 0. The molecule has 3 aromatic rings. The molecule has 19 heavy (non-hydrogen) atoms. The third kappa shape index (κ3) is 2.75. The van der Waals surface area contributed by atoms with Gasteiger partial charge < -0.3 is 5.11 Å². The molecule has 0 unspecified atom stereocenters. The van der Waals surface area contributed by atoms with Crippen molar-refractivity contribution in [3.05, 3.63) is 28.8 Å². The number of aliphatic carboxylic acids is 1. The fourth-order valence-corrected chi connectivity index (χ4v) is 4.12. The Morgan fingerprint density at radius 1 is 1.37 bits per heavy atom. The zero-order chi connectivity index (χ0) is 13.2. The van der Waals surface area contributed by atoms with Crippen LogP contribution >= 0.6 is 34.4 Å². The van der Waals surface area contributed by atoms with E-state index in [0.717, 1.165) is 19.6 Å². The lowest BCUT2D eigenvalue weighted by atomic mass is 10.3. The van der Waals surface area contributed by atoms with Gasteiger partial charge in [-0.3, -0.25) is 4.79 Å². The molecule has 0 atom stereocenters. The van der Waals surface area contributed by atoms with E-state index in [2.05, 4.69) is 15.0 Å². The minimum atomic E-state index is -0.871. The van der Waals surface area contributed by atoms with Crippen LogP contribution in [-0.2, 0) is 11.2 Å². The van der Waals surface area contributed by atoms with Gasteiger partial charge >= 0.3 is 5.97 Å². The second-order valence-corrected chi connectivity index (χ2v) is 6.58. The van der Waals surface area contributed by atoms with Crippen LogP contribution in [0, 0.1) is 0 Å². The summed E-state index contributed by atoms with van der Waals surface area (Å²) in [5, 5.41) is 14.3. The zero-order valence-corrected chi connectivity index (χ0v) is 11.9. The number of rotatable bonds is 4. The highest BCUT2D eigenvalue weighted by Crippen LogP contribution is 2.34. The van der Waals surface area contributed by atoms with E-state index >= 15 is 0 Å². The van der Waals surface area contributed by atoms with E-state index in [4.69, 9.17) is 5.11 Å². The molecule has 0 saturated carbocycles. The van der Waals surface area contributed by atoms with Crippen LogP contribution in [0.2, 0.25) is 0 Å². The molecule has 0 radical (unpaired) electrons. The van der Waals surface area contributed by atoms with Crippen molar-refractivity contribution >= 4 is 50.6 Å². The van der Waals surface area contributed by atoms with Crippen molar-refractivity contribution in [2.24, 2.45) is 0 Å². The Kier molecular flexibility index (Phi) is 3.45. The van der Waals surface area contributed by atoms with Gasteiger partial charge in [-0.05, 0) is 23.2 Å². The van der Waals surface area contributed by atoms with Gasteiger partial charge in [-0.25, -0.2) is 15.0 Å². The summed E-state index contributed by atoms with van der Waals surface area (Å²) in [4.78, 5) is 24.3. The van der Waals surface area contributed by atoms with Crippen molar-refractivity contribution in [2.75, 3.05) is 0 Å². The van der Waals surface area contributed by atoms with E-state index in [1.54, 1.807) is 16.7 Å². The minimum absolute atomic E-state index is 0.0469. The third-order valence-corrected chi connectivity index (χ3v) is 5.10. The molecular weight excluding hydrogens is 302 g/mol. The van der Waals surface area contributed by atoms with E-state index in [-0.39, 0.29) is 6.42 Å². The first-order valence-electron chi connectivity index (χ1n) is 5.24. The molecule has 0 aliphatic heterocycles. The molecule has 0 saturated heterocycles. The Bertz CT molecular complexity index is 737. The highest BCUT2D eigenvalue weighted by atomic mass is 32.2. The normalized spacial score (nSPS) is 10.9. The Balaban J connectivity index is 1.86. The number of fused-ring (bicyclic) bond motifs is 1. The molecule has 0 aliphatic carbocycles. The number of aromatic nitrogens is 3. The summed E-state index contributed by atoms with van der Waals surface area (Å²) >= 11 is 4.44. The first kappa shape index (κ1) is 12.5. The van der Waals surface area contributed by atoms with Gasteiger partial charge in [-0.1, -0.05) is 0 Å². The largest absolute Gasteiger partial charge is 0.481 e. The fraction of sp³-hybridized carbons (Fsp3) is 0.0909. The third-order valence-electron chi connectivity index (χ3n) is 2.27. The summed E-state index contributed by atoms with van der Waals surface area (Å²) in [5.41, 5.74) is 0.579. The van der Waals surface area contributed by atoms with Crippen LogP contribution in [0.25, 0.3) is 10.2 Å². The van der Waals surface area contributed by atoms with Crippen LogP contribution < -0.4 is 0 Å². The smallest absolute Gasteiger partial charge is 0.309 e. The number of carbonyl (C=O) groups is 1. The van der Waals surface area contributed by atoms with Gasteiger partial charge in [0.1, 0.15) is 16.2 Å². The SMILES string of the molecule is O=C(O)Cc1csc(Sc2ncnc3sccc23)n1. The molecule has 3 rings (SSSR count). The fourth-order valence-electron chi connectivity index (χ4n) is 1.50. The van der Waals surface area contributed by atoms with Crippen LogP contribution in [0.3, 0.4) is 0 Å². The number of nitrogens with zero attached hydrogens (tertiary/aromatic N) is 3. The van der Waals surface area contributed by atoms with Crippen molar-refractivity contribution in [3.8, 4) is 0 Å². The molecule has 5 nitrogen and oxygen atoms in total. The van der Waals surface area contributed by atoms with E-state index < -0.39 is 5.97 Å². The standard InChI is InChI=1S/C11H7N3O2S3/c15-8(16)3-6-4-18-11(14-6)19-10-7-1-2-17-9(7)12-5-13-10/h1-2,4-5H,3H2,(H,15,16). The maximum absolute atomic E-state index is 10.6. The van der Waals surface area contributed by atoms with Crippen molar-refractivity contribution in [1.29, 1.82) is 0 Å². The average molecular weight is 309 g/mol. The molecule has 0 aromatic carbocycles. The second kappa shape index (κ2) is 5.24. The summed E-state index contributed by atoms with van der Waals surface area (Å²) in [6, 6.07) is 1.98. The Morgan fingerprint density at radius 2 is 2.26 bits per heavy atom. The second-order valence-electron chi connectivity index (χ2n) is 3.60. The van der Waals surface area contributed by atoms with Gasteiger partial charge in [0.25, 0.3) is 0 Å². The van der Waals surface area contributed by atoms with Crippen molar-refractivity contribution in [3.63, 3.8) is 0 Å². The monoisotopic (exact) mass is 309 g/mol. The van der Waals surface area contributed by atoms with E-state index in [1.807, 2.05) is 11.4 Å². The van der Waals surface area contributed by atoms with Crippen LogP contribution in [0.4, 0.5) is 0 Å². The minimum Gasteiger partial charge on any atom is -0.481 e. The molecule has 8 heteroatoms. The van der Waals surface area contributed by atoms with Crippen molar-refractivity contribution in [2.45, 2.75) is 15.8 Å². The Hall–Kier alpha value is -1.51. The first-order chi connectivity index (χ1) is 9.22. The predicted molar refractivity (Wildman–Crippen MR) is 75.0 cm³/mol. The van der Waals surface area contributed by atoms with Crippen LogP contribution in [0.5, 0.6) is 0 Å². The highest BCUT2D eigenvalue weighted by Gasteiger charge is 2.11. The lowest BCUT2D eigenvalue weighted by Gasteiger charge is -1.97. The first-order valence-corrected chi connectivity index (χ1v) is 7.82. The number of carboxylic acids is 1. The topological polar surface area (TPSA) is 76.0 Å². The molecule has 0 spiro atoms.